The zero-order valence-corrected chi connectivity index (χ0v) is 14.0. The Kier molecular flexibility index (Phi) is 8.77. The lowest BCUT2D eigenvalue weighted by molar-refractivity contribution is 0.145. The fourth-order valence-corrected chi connectivity index (χ4v) is 2.85. The van der Waals surface area contributed by atoms with Crippen molar-refractivity contribution in [3.8, 4) is 5.75 Å². The van der Waals surface area contributed by atoms with Crippen LogP contribution < -0.4 is 11.1 Å². The number of alkyl halides is 1. The van der Waals surface area contributed by atoms with Crippen molar-refractivity contribution in [2.75, 3.05) is 38.6 Å². The average molecular weight is 391 g/mol. The normalized spacial score (nSPS) is 16.9. The molecule has 1 saturated heterocycles. The van der Waals surface area contributed by atoms with Crippen molar-refractivity contribution in [2.45, 2.75) is 6.04 Å². The van der Waals surface area contributed by atoms with Crippen LogP contribution in [-0.4, -0.2) is 42.9 Å². The van der Waals surface area contributed by atoms with Gasteiger partial charge in [-0.25, -0.2) is 4.39 Å². The van der Waals surface area contributed by atoms with Crippen molar-refractivity contribution < 1.29 is 9.50 Å². The summed E-state index contributed by atoms with van der Waals surface area (Å²) < 4.78 is 14.1. The smallest absolute Gasteiger partial charge is 0.144 e. The third kappa shape index (κ3) is 4.11. The second-order valence-corrected chi connectivity index (χ2v) is 5.21. The topological polar surface area (TPSA) is 61.5 Å². The van der Waals surface area contributed by atoms with Crippen LogP contribution in [0.3, 0.4) is 0 Å². The van der Waals surface area contributed by atoms with E-state index in [0.29, 0.717) is 10.0 Å². The lowest BCUT2D eigenvalue weighted by Crippen LogP contribution is -2.45. The van der Waals surface area contributed by atoms with Gasteiger partial charge >= 0.3 is 0 Å². The number of halogens is 4. The van der Waals surface area contributed by atoms with Crippen LogP contribution >= 0.6 is 40.7 Å². The maximum atomic E-state index is 13.4. The van der Waals surface area contributed by atoms with E-state index in [2.05, 4.69) is 21.2 Å². The van der Waals surface area contributed by atoms with Crippen LogP contribution in [0, 0.1) is 0 Å². The van der Waals surface area contributed by atoms with E-state index >= 15 is 0 Å². The van der Waals surface area contributed by atoms with E-state index < -0.39 is 12.7 Å². The Balaban J connectivity index is 0.00000180. The molecule has 0 amide bonds. The van der Waals surface area contributed by atoms with Crippen molar-refractivity contribution in [3.05, 3.63) is 22.2 Å². The van der Waals surface area contributed by atoms with E-state index in [9.17, 15) is 9.50 Å². The summed E-state index contributed by atoms with van der Waals surface area (Å²) in [5.41, 5.74) is 6.51. The molecule has 1 heterocycles. The minimum absolute atomic E-state index is 0. The van der Waals surface area contributed by atoms with Crippen LogP contribution in [0.25, 0.3) is 0 Å². The van der Waals surface area contributed by atoms with E-state index in [1.807, 2.05) is 4.90 Å². The van der Waals surface area contributed by atoms with Gasteiger partial charge in [0.05, 0.1) is 11.7 Å². The summed E-state index contributed by atoms with van der Waals surface area (Å²) in [7, 11) is 0. The second kappa shape index (κ2) is 8.89. The lowest BCUT2D eigenvalue weighted by atomic mass is 10.0. The predicted octanol–water partition coefficient (Wildman–Crippen LogP) is 2.50. The van der Waals surface area contributed by atoms with Gasteiger partial charge in [-0.05, 0) is 12.1 Å². The number of phenols is 1. The Labute approximate surface area is 138 Å². The maximum absolute atomic E-state index is 13.4. The Hall–Kier alpha value is -0.270. The first-order chi connectivity index (χ1) is 8.65. The molecule has 4 nitrogen and oxygen atoms in total. The number of nitrogens with one attached hydrogen (secondary N) is 1. The monoisotopic (exact) mass is 389 g/mol. The standard InChI is InChI=1S/C12H17BrFN3O.2ClH/c13-8-1-2-9(15)12(18)11(8)10(7-14)17-5-3-16-4-6-17;;/h1-2,10,16,18H,3-7,15H2;2*1H/t10-;;/m1../s1. The number of nitrogens with zero attached hydrogens (tertiary/aromatic N) is 1. The van der Waals surface area contributed by atoms with Crippen molar-refractivity contribution in [1.82, 2.24) is 10.2 Å². The number of hydrogen-bond donors (Lipinski definition) is 3. The minimum Gasteiger partial charge on any atom is -0.505 e. The van der Waals surface area contributed by atoms with E-state index in [1.54, 1.807) is 12.1 Å². The van der Waals surface area contributed by atoms with E-state index in [1.165, 1.54) is 0 Å². The van der Waals surface area contributed by atoms with Gasteiger partial charge in [-0.2, -0.15) is 0 Å². The second-order valence-electron chi connectivity index (χ2n) is 4.35. The number of rotatable bonds is 3. The fraction of sp³-hybridized carbons (Fsp3) is 0.500. The quantitative estimate of drug-likeness (QED) is 0.548. The Morgan fingerprint density at radius 3 is 2.50 bits per heavy atom. The Morgan fingerprint density at radius 2 is 1.95 bits per heavy atom. The molecule has 1 atom stereocenters. The maximum Gasteiger partial charge on any atom is 0.144 e. The molecule has 1 aromatic carbocycles. The molecule has 0 aromatic heterocycles. The molecule has 0 saturated carbocycles. The van der Waals surface area contributed by atoms with Crippen LogP contribution in [0.4, 0.5) is 10.1 Å². The third-order valence-corrected chi connectivity index (χ3v) is 3.96. The summed E-state index contributed by atoms with van der Waals surface area (Å²) >= 11 is 3.36. The van der Waals surface area contributed by atoms with Gasteiger partial charge in [-0.3, -0.25) is 4.90 Å². The summed E-state index contributed by atoms with van der Waals surface area (Å²) in [4.78, 5) is 2.02. The highest BCUT2D eigenvalue weighted by Gasteiger charge is 2.27. The highest BCUT2D eigenvalue weighted by Crippen LogP contribution is 2.38. The third-order valence-electron chi connectivity index (χ3n) is 3.27. The molecule has 1 aromatic rings. The molecule has 4 N–H and O–H groups in total. The number of hydrogen-bond acceptors (Lipinski definition) is 4. The molecule has 1 aliphatic rings. The number of anilines is 1. The van der Waals surface area contributed by atoms with Crippen LogP contribution in [0.1, 0.15) is 11.6 Å². The van der Waals surface area contributed by atoms with Crippen molar-refractivity contribution in [2.24, 2.45) is 0 Å². The summed E-state index contributed by atoms with van der Waals surface area (Å²) in [5.74, 6) is -0.0226. The van der Waals surface area contributed by atoms with Gasteiger partial charge in [0.1, 0.15) is 12.4 Å². The number of nitrogen functional groups attached to an aromatic ring is 1. The van der Waals surface area contributed by atoms with Crippen molar-refractivity contribution in [1.29, 1.82) is 0 Å². The zero-order valence-electron chi connectivity index (χ0n) is 10.8. The summed E-state index contributed by atoms with van der Waals surface area (Å²) in [6.07, 6.45) is 0. The molecule has 1 aliphatic heterocycles. The summed E-state index contributed by atoms with van der Waals surface area (Å²) in [6, 6.07) is 2.90. The van der Waals surface area contributed by atoms with E-state index in [0.717, 1.165) is 26.2 Å². The average Bonchev–Trinajstić information content (AvgIpc) is 2.40. The Morgan fingerprint density at radius 1 is 1.35 bits per heavy atom. The molecule has 1 fully saturated rings. The molecule has 8 heteroatoms. The number of phenolic OH excluding ortho intramolecular Hbond substituents is 1. The molecule has 0 aliphatic carbocycles. The zero-order chi connectivity index (χ0) is 13.1. The number of piperazine rings is 1. The lowest BCUT2D eigenvalue weighted by Gasteiger charge is -2.34. The highest BCUT2D eigenvalue weighted by atomic mass is 79.9. The van der Waals surface area contributed by atoms with E-state index in [-0.39, 0.29) is 36.3 Å². The van der Waals surface area contributed by atoms with Crippen LogP contribution in [-0.2, 0) is 0 Å². The first kappa shape index (κ1) is 19.7. The van der Waals surface area contributed by atoms with Crippen LogP contribution in [0.15, 0.2) is 16.6 Å². The Bertz CT molecular complexity index is 433. The predicted molar refractivity (Wildman–Crippen MR) is 87.9 cm³/mol. The molecule has 0 unspecified atom stereocenters. The van der Waals surface area contributed by atoms with Crippen molar-refractivity contribution >= 4 is 46.4 Å². The molecule has 0 bridgehead atoms. The van der Waals surface area contributed by atoms with Crippen molar-refractivity contribution in [3.63, 3.8) is 0 Å². The number of nitrogens with two attached hydrogens (primary N) is 1. The van der Waals surface area contributed by atoms with Crippen LogP contribution in [0.5, 0.6) is 5.75 Å². The summed E-state index contributed by atoms with van der Waals surface area (Å²) in [6.45, 7) is 2.63. The van der Waals surface area contributed by atoms with Gasteiger partial charge in [-0.15, -0.1) is 24.8 Å². The number of benzene rings is 1. The van der Waals surface area contributed by atoms with Crippen LogP contribution in [0.2, 0.25) is 0 Å². The molecular weight excluding hydrogens is 372 g/mol. The largest absolute Gasteiger partial charge is 0.505 e. The fourth-order valence-electron chi connectivity index (χ4n) is 2.27. The molecule has 0 radical (unpaired) electrons. The van der Waals surface area contributed by atoms with Gasteiger partial charge in [0, 0.05) is 36.2 Å². The molecule has 20 heavy (non-hydrogen) atoms. The molecule has 2 rings (SSSR count). The molecule has 116 valence electrons. The van der Waals surface area contributed by atoms with Gasteiger partial charge in [0.15, 0.2) is 0 Å². The number of aromatic hydroxyl groups is 1. The van der Waals surface area contributed by atoms with Gasteiger partial charge in [-0.1, -0.05) is 15.9 Å². The van der Waals surface area contributed by atoms with E-state index in [4.69, 9.17) is 5.73 Å². The molecular formula is C12H19BrCl2FN3O. The van der Waals surface area contributed by atoms with Gasteiger partial charge < -0.3 is 16.2 Å². The first-order valence-corrected chi connectivity index (χ1v) is 6.72. The minimum atomic E-state index is -0.546. The highest BCUT2D eigenvalue weighted by molar-refractivity contribution is 9.10. The molecule has 0 spiro atoms. The van der Waals surface area contributed by atoms with Gasteiger partial charge in [0.2, 0.25) is 0 Å². The SMILES string of the molecule is Cl.Cl.Nc1ccc(Br)c([C@@H](CF)N2CCNCC2)c1O. The first-order valence-electron chi connectivity index (χ1n) is 5.92. The summed E-state index contributed by atoms with van der Waals surface area (Å²) in [5, 5.41) is 13.3. The van der Waals surface area contributed by atoms with Gasteiger partial charge in [0.25, 0.3) is 0 Å².